The van der Waals surface area contributed by atoms with Crippen molar-refractivity contribution in [3.05, 3.63) is 29.8 Å². The number of likely N-dealkylation sites (N-methyl/N-ethyl adjacent to an activating group) is 1. The van der Waals surface area contributed by atoms with Crippen LogP contribution in [0.4, 0.5) is 0 Å². The number of hydrogen-bond acceptors (Lipinski definition) is 18. The van der Waals surface area contributed by atoms with Gasteiger partial charge in [-0.3, -0.25) is 53.5 Å². The van der Waals surface area contributed by atoms with Gasteiger partial charge in [0.05, 0.1) is 64.0 Å². The molecule has 1 aromatic rings. The SMILES string of the molecule is CC(C)CC(=O)CN[C@@H](CCCCNC(=O)COCCOCCCC(=O)COCCOCCNC(=O)CC[C@H](NC(=O)CCCCCCCCCCCCCCC(=O)O)C(=O)O)C(=O)CN(C)[C@@H](CCCCC(=N)N)C(=O)C[C@@H](Cc1ccc(O)cc1)C(N)=O. The Balaban J connectivity index is 2.28. The second kappa shape index (κ2) is 52.4. The first-order valence-corrected chi connectivity index (χ1v) is 32.6. The van der Waals surface area contributed by atoms with Crippen molar-refractivity contribution in [2.75, 3.05) is 86.1 Å². The van der Waals surface area contributed by atoms with Crippen LogP contribution in [0.25, 0.3) is 0 Å². The average molecular weight is 1280 g/mol. The van der Waals surface area contributed by atoms with Gasteiger partial charge in [0.15, 0.2) is 17.3 Å². The summed E-state index contributed by atoms with van der Waals surface area (Å²) in [5.41, 5.74) is 12.0. The lowest BCUT2D eigenvalue weighted by Gasteiger charge is -2.29. The van der Waals surface area contributed by atoms with Crippen molar-refractivity contribution in [2.24, 2.45) is 23.3 Å². The molecule has 0 unspecified atom stereocenters. The molecule has 512 valence electrons. The van der Waals surface area contributed by atoms with Crippen molar-refractivity contribution < 1.29 is 82.2 Å². The largest absolute Gasteiger partial charge is 0.508 e. The predicted octanol–water partition coefficient (Wildman–Crippen LogP) is 5.65. The molecule has 0 saturated carbocycles. The number of amidine groups is 1. The number of carboxylic acids is 2. The van der Waals surface area contributed by atoms with E-state index >= 15 is 0 Å². The first-order valence-electron chi connectivity index (χ1n) is 32.6. The maximum atomic E-state index is 14.0. The molecule has 1 rings (SSSR count). The maximum absolute atomic E-state index is 14.0. The van der Waals surface area contributed by atoms with Crippen LogP contribution >= 0.6 is 0 Å². The monoisotopic (exact) mass is 1270 g/mol. The topological polar surface area (TPSA) is 396 Å². The third kappa shape index (κ3) is 45.9. The van der Waals surface area contributed by atoms with E-state index in [0.29, 0.717) is 77.4 Å². The molecule has 0 aliphatic rings. The zero-order valence-electron chi connectivity index (χ0n) is 54.1. The minimum Gasteiger partial charge on any atom is -0.508 e. The van der Waals surface area contributed by atoms with Gasteiger partial charge in [-0.2, -0.15) is 0 Å². The van der Waals surface area contributed by atoms with Gasteiger partial charge in [-0.15, -0.1) is 0 Å². The standard InChI is InChI=1S/C65H110N8O17/c1-48(2)41-53(76)44-71-54(58(78)45-73(3)56(23-16-17-24-59(66)67)57(77)43-50(64(68)84)42-49-27-29-51(74)30-28-49)22-18-19-33-69-62(81)47-90-40-37-87-35-20-21-52(75)46-89-39-38-88-36-34-70-60(79)32-31-55(65(85)86)72-61(80)25-14-12-10-8-6-4-5-7-9-11-13-15-26-63(82)83/h27-30,48,50,54-56,71,74H,4-26,31-47H2,1-3H3,(H3,66,67)(H2,68,84)(H,69,81)(H,70,79)(H,72,80)(H,82,83)(H,85,86)/t50-,54+,55+,56+/m1/s1. The summed E-state index contributed by atoms with van der Waals surface area (Å²) in [6, 6.07) is 3.65. The molecule has 4 amide bonds. The van der Waals surface area contributed by atoms with E-state index < -0.39 is 41.9 Å². The number of carboxylic acid groups (broad SMARTS) is 2. The molecular weight excluding hydrogens is 1160 g/mol. The smallest absolute Gasteiger partial charge is 0.326 e. The number of primary amides is 1. The van der Waals surface area contributed by atoms with Gasteiger partial charge in [0, 0.05) is 70.6 Å². The first-order chi connectivity index (χ1) is 43.1. The fraction of sp³-hybridized carbons (Fsp3) is 0.738. The summed E-state index contributed by atoms with van der Waals surface area (Å²) < 4.78 is 21.8. The van der Waals surface area contributed by atoms with Crippen LogP contribution in [-0.4, -0.2) is 189 Å². The van der Waals surface area contributed by atoms with Crippen LogP contribution < -0.4 is 32.7 Å². The number of phenols is 1. The minimum absolute atomic E-state index is 0.0110. The molecule has 0 aliphatic heterocycles. The number of rotatable bonds is 62. The van der Waals surface area contributed by atoms with E-state index in [-0.39, 0.29) is 169 Å². The molecule has 0 aliphatic carbocycles. The number of nitrogens with one attached hydrogen (secondary N) is 5. The molecule has 0 heterocycles. The second-order valence-corrected chi connectivity index (χ2v) is 23.7. The Labute approximate surface area is 533 Å². The Bertz CT molecular complexity index is 2250. The quantitative estimate of drug-likeness (QED) is 0.0214. The van der Waals surface area contributed by atoms with Crippen molar-refractivity contribution >= 4 is 64.5 Å². The van der Waals surface area contributed by atoms with Crippen molar-refractivity contribution in [3.63, 3.8) is 0 Å². The molecule has 0 aromatic heterocycles. The van der Waals surface area contributed by atoms with E-state index in [2.05, 4.69) is 21.3 Å². The highest BCUT2D eigenvalue weighted by Gasteiger charge is 2.31. The lowest BCUT2D eigenvalue weighted by Crippen LogP contribution is -2.48. The molecule has 1 aromatic carbocycles. The summed E-state index contributed by atoms with van der Waals surface area (Å²) >= 11 is 0. The molecule has 12 N–H and O–H groups in total. The highest BCUT2D eigenvalue weighted by molar-refractivity contribution is 5.91. The van der Waals surface area contributed by atoms with Crippen LogP contribution in [0.3, 0.4) is 0 Å². The summed E-state index contributed by atoms with van der Waals surface area (Å²) in [6.07, 6.45) is 16.7. The summed E-state index contributed by atoms with van der Waals surface area (Å²) in [6.45, 7) is 5.13. The predicted molar refractivity (Wildman–Crippen MR) is 341 cm³/mol. The zero-order valence-corrected chi connectivity index (χ0v) is 54.1. The molecular formula is C65H110N8O17. The average Bonchev–Trinajstić information content (AvgIpc) is 3.58. The molecule has 0 fully saturated rings. The summed E-state index contributed by atoms with van der Waals surface area (Å²) in [4.78, 5) is 127. The van der Waals surface area contributed by atoms with Crippen LogP contribution in [0.15, 0.2) is 24.3 Å². The highest BCUT2D eigenvalue weighted by Crippen LogP contribution is 2.21. The van der Waals surface area contributed by atoms with Gasteiger partial charge in [0.25, 0.3) is 0 Å². The molecule has 0 radical (unpaired) electrons. The van der Waals surface area contributed by atoms with Gasteiger partial charge in [0.2, 0.25) is 23.6 Å². The fourth-order valence-electron chi connectivity index (χ4n) is 9.92. The molecule has 0 spiro atoms. The Hall–Kier alpha value is -6.25. The number of benzene rings is 1. The second-order valence-electron chi connectivity index (χ2n) is 23.7. The first kappa shape index (κ1) is 81.8. The number of Topliss-reactive ketones (excluding diaryl/α,β-unsaturated/α-hetero) is 4. The third-order valence-corrected chi connectivity index (χ3v) is 15.0. The van der Waals surface area contributed by atoms with Gasteiger partial charge >= 0.3 is 11.9 Å². The number of phenolic OH excluding ortho intramolecular Hbond substituents is 1. The van der Waals surface area contributed by atoms with Crippen molar-refractivity contribution in [1.82, 2.24) is 26.2 Å². The van der Waals surface area contributed by atoms with E-state index in [1.165, 1.54) is 18.6 Å². The number of nitrogens with two attached hydrogens (primary N) is 2. The Morgan fingerprint density at radius 3 is 1.71 bits per heavy atom. The van der Waals surface area contributed by atoms with Gasteiger partial charge in [-0.1, -0.05) is 96.6 Å². The fourth-order valence-corrected chi connectivity index (χ4v) is 9.92. The highest BCUT2D eigenvalue weighted by atomic mass is 16.5. The number of hydrogen-bond donors (Lipinski definition) is 10. The molecule has 0 bridgehead atoms. The number of nitrogens with zero attached hydrogens (tertiary/aromatic N) is 1. The van der Waals surface area contributed by atoms with Crippen LogP contribution in [0, 0.1) is 17.2 Å². The van der Waals surface area contributed by atoms with Crippen LogP contribution in [-0.2, 0) is 73.3 Å². The Kier molecular flexibility index (Phi) is 47.6. The summed E-state index contributed by atoms with van der Waals surface area (Å²) in [5, 5.41) is 46.7. The minimum atomic E-state index is -1.20. The van der Waals surface area contributed by atoms with Crippen molar-refractivity contribution in [3.8, 4) is 5.75 Å². The van der Waals surface area contributed by atoms with E-state index in [9.17, 15) is 58.2 Å². The number of aromatic hydroxyl groups is 1. The third-order valence-electron chi connectivity index (χ3n) is 15.0. The molecule has 0 saturated heterocycles. The molecule has 90 heavy (non-hydrogen) atoms. The van der Waals surface area contributed by atoms with Crippen LogP contribution in [0.1, 0.15) is 193 Å². The van der Waals surface area contributed by atoms with Gasteiger partial charge in [-0.05, 0) is 94.9 Å². The van der Waals surface area contributed by atoms with E-state index in [1.54, 1.807) is 24.1 Å². The zero-order chi connectivity index (χ0) is 66.7. The van der Waals surface area contributed by atoms with Gasteiger partial charge in [0.1, 0.15) is 30.8 Å². The number of ether oxygens (including phenoxy) is 4. The maximum Gasteiger partial charge on any atom is 0.326 e. The summed E-state index contributed by atoms with van der Waals surface area (Å²) in [7, 11) is 1.67. The van der Waals surface area contributed by atoms with Crippen molar-refractivity contribution in [2.45, 2.75) is 212 Å². The van der Waals surface area contributed by atoms with E-state index in [4.69, 9.17) is 40.9 Å². The van der Waals surface area contributed by atoms with Gasteiger partial charge < -0.3 is 67.0 Å². The number of aliphatic carboxylic acids is 2. The number of amides is 4. The number of carbonyl (C=O) groups excluding carboxylic acids is 8. The Morgan fingerprint density at radius 2 is 1.11 bits per heavy atom. The lowest BCUT2D eigenvalue weighted by molar-refractivity contribution is -0.142. The Morgan fingerprint density at radius 1 is 0.544 bits per heavy atom. The molecule has 25 nitrogen and oxygen atoms in total. The van der Waals surface area contributed by atoms with Crippen molar-refractivity contribution in [1.29, 1.82) is 5.41 Å². The number of ketones is 4. The lowest BCUT2D eigenvalue weighted by atomic mass is 9.89. The summed E-state index contributed by atoms with van der Waals surface area (Å²) in [5.74, 6) is -4.91. The van der Waals surface area contributed by atoms with Crippen LogP contribution in [0.2, 0.25) is 0 Å². The number of carbonyl (C=O) groups is 10. The normalized spacial score (nSPS) is 12.7. The van der Waals surface area contributed by atoms with Crippen LogP contribution in [0.5, 0.6) is 5.75 Å². The van der Waals surface area contributed by atoms with Gasteiger partial charge in [-0.25, -0.2) is 4.79 Å². The number of unbranched alkanes of at least 4 members (excludes halogenated alkanes) is 13. The van der Waals surface area contributed by atoms with E-state index in [0.717, 1.165) is 69.8 Å². The molecule has 25 heteroatoms. The van der Waals surface area contributed by atoms with E-state index in [1.807, 2.05) is 13.8 Å². The molecule has 4 atom stereocenters.